The Morgan fingerprint density at radius 1 is 1.39 bits per heavy atom. The summed E-state index contributed by atoms with van der Waals surface area (Å²) in [6.07, 6.45) is 1.64. The summed E-state index contributed by atoms with van der Waals surface area (Å²) in [5.74, 6) is 0.210. The van der Waals surface area contributed by atoms with E-state index in [0.717, 1.165) is 12.8 Å². The summed E-state index contributed by atoms with van der Waals surface area (Å²) in [5, 5.41) is 2.98. The van der Waals surface area contributed by atoms with Gasteiger partial charge in [-0.2, -0.15) is 0 Å². The van der Waals surface area contributed by atoms with E-state index in [1.54, 1.807) is 6.92 Å². The fourth-order valence-corrected chi connectivity index (χ4v) is 1.29. The van der Waals surface area contributed by atoms with E-state index < -0.39 is 6.10 Å². The normalized spacial score (nSPS) is 15.7. The van der Waals surface area contributed by atoms with Crippen LogP contribution >= 0.6 is 12.4 Å². The van der Waals surface area contributed by atoms with Crippen molar-refractivity contribution in [3.05, 3.63) is 0 Å². The first-order chi connectivity index (χ1) is 7.87. The summed E-state index contributed by atoms with van der Waals surface area (Å²) in [4.78, 5) is 11.9. The second-order valence-corrected chi connectivity index (χ2v) is 5.13. The standard InChI is InChI=1S/C13H28N2O2.ClH/c1-6-7-8-17-11(4)12(16)15-13(5,9-14)10(2)3;/h10-11H,6-9,14H2,1-5H3,(H,15,16);1H. The number of carbonyl (C=O) groups is 1. The van der Waals surface area contributed by atoms with Crippen molar-refractivity contribution >= 4 is 18.3 Å². The number of rotatable bonds is 8. The van der Waals surface area contributed by atoms with Gasteiger partial charge in [0, 0.05) is 13.2 Å². The lowest BCUT2D eigenvalue weighted by Gasteiger charge is -2.34. The molecule has 0 saturated carbocycles. The summed E-state index contributed by atoms with van der Waals surface area (Å²) < 4.78 is 5.46. The van der Waals surface area contributed by atoms with Gasteiger partial charge in [-0.15, -0.1) is 12.4 Å². The average molecular weight is 281 g/mol. The van der Waals surface area contributed by atoms with Gasteiger partial charge in [0.25, 0.3) is 0 Å². The minimum Gasteiger partial charge on any atom is -0.369 e. The molecule has 2 atom stereocenters. The Bertz CT molecular complexity index is 237. The highest BCUT2D eigenvalue weighted by molar-refractivity contribution is 5.85. The Labute approximate surface area is 117 Å². The van der Waals surface area contributed by atoms with Gasteiger partial charge >= 0.3 is 0 Å². The van der Waals surface area contributed by atoms with Crippen LogP contribution in [0.3, 0.4) is 0 Å². The second kappa shape index (κ2) is 9.59. The van der Waals surface area contributed by atoms with Crippen LogP contribution in [0.4, 0.5) is 0 Å². The molecule has 0 aliphatic rings. The molecule has 0 aliphatic carbocycles. The molecule has 0 aromatic rings. The molecule has 5 heteroatoms. The monoisotopic (exact) mass is 280 g/mol. The predicted molar refractivity (Wildman–Crippen MR) is 78.0 cm³/mol. The Morgan fingerprint density at radius 3 is 2.33 bits per heavy atom. The second-order valence-electron chi connectivity index (χ2n) is 5.13. The molecule has 2 unspecified atom stereocenters. The SMILES string of the molecule is CCCCOC(C)C(=O)NC(C)(CN)C(C)C.Cl. The van der Waals surface area contributed by atoms with Crippen LogP contribution in [0.1, 0.15) is 47.5 Å². The first-order valence-corrected chi connectivity index (χ1v) is 6.51. The van der Waals surface area contributed by atoms with E-state index in [2.05, 4.69) is 26.1 Å². The van der Waals surface area contributed by atoms with Gasteiger partial charge in [-0.25, -0.2) is 0 Å². The molecule has 0 spiro atoms. The summed E-state index contributed by atoms with van der Waals surface area (Å²) in [6.45, 7) is 11.0. The molecule has 0 saturated heterocycles. The molecular weight excluding hydrogens is 252 g/mol. The van der Waals surface area contributed by atoms with Crippen LogP contribution in [0.2, 0.25) is 0 Å². The Kier molecular flexibility index (Phi) is 10.7. The summed E-state index contributed by atoms with van der Waals surface area (Å²) in [6, 6.07) is 0. The third-order valence-corrected chi connectivity index (χ3v) is 3.34. The largest absolute Gasteiger partial charge is 0.369 e. The van der Waals surface area contributed by atoms with Crippen molar-refractivity contribution in [2.75, 3.05) is 13.2 Å². The van der Waals surface area contributed by atoms with E-state index in [4.69, 9.17) is 10.5 Å². The third-order valence-electron chi connectivity index (χ3n) is 3.34. The maximum Gasteiger partial charge on any atom is 0.249 e. The number of carbonyl (C=O) groups excluding carboxylic acids is 1. The van der Waals surface area contributed by atoms with Crippen molar-refractivity contribution in [1.82, 2.24) is 5.32 Å². The average Bonchev–Trinajstić information content (AvgIpc) is 2.28. The molecule has 0 radical (unpaired) electrons. The van der Waals surface area contributed by atoms with Gasteiger partial charge in [0.2, 0.25) is 5.91 Å². The highest BCUT2D eigenvalue weighted by Crippen LogP contribution is 2.15. The summed E-state index contributed by atoms with van der Waals surface area (Å²) in [5.41, 5.74) is 5.36. The van der Waals surface area contributed by atoms with Gasteiger partial charge in [-0.05, 0) is 26.2 Å². The van der Waals surface area contributed by atoms with Crippen molar-refractivity contribution in [2.45, 2.75) is 59.1 Å². The number of hydrogen-bond donors (Lipinski definition) is 2. The zero-order valence-corrected chi connectivity index (χ0v) is 13.1. The number of ether oxygens (including phenoxy) is 1. The molecule has 3 N–H and O–H groups in total. The minimum atomic E-state index is -0.411. The quantitative estimate of drug-likeness (QED) is 0.669. The van der Waals surface area contributed by atoms with Crippen molar-refractivity contribution < 1.29 is 9.53 Å². The van der Waals surface area contributed by atoms with Gasteiger partial charge in [-0.1, -0.05) is 27.2 Å². The van der Waals surface area contributed by atoms with Crippen LogP contribution in [0.15, 0.2) is 0 Å². The van der Waals surface area contributed by atoms with Crippen molar-refractivity contribution in [2.24, 2.45) is 11.7 Å². The van der Waals surface area contributed by atoms with Crippen LogP contribution in [-0.2, 0) is 9.53 Å². The highest BCUT2D eigenvalue weighted by Gasteiger charge is 2.30. The van der Waals surface area contributed by atoms with E-state index in [0.29, 0.717) is 19.1 Å². The smallest absolute Gasteiger partial charge is 0.249 e. The molecule has 0 aromatic heterocycles. The lowest BCUT2D eigenvalue weighted by Crippen LogP contribution is -2.57. The van der Waals surface area contributed by atoms with Crippen molar-refractivity contribution in [3.63, 3.8) is 0 Å². The topological polar surface area (TPSA) is 64.3 Å². The molecule has 0 aromatic carbocycles. The maximum atomic E-state index is 11.9. The molecule has 0 heterocycles. The molecule has 110 valence electrons. The van der Waals surface area contributed by atoms with Gasteiger partial charge < -0.3 is 15.8 Å². The van der Waals surface area contributed by atoms with E-state index in [1.165, 1.54) is 0 Å². The molecule has 0 fully saturated rings. The number of unbranched alkanes of at least 4 members (excludes halogenated alkanes) is 1. The summed E-state index contributed by atoms with van der Waals surface area (Å²) >= 11 is 0. The molecule has 4 nitrogen and oxygen atoms in total. The van der Waals surface area contributed by atoms with E-state index in [9.17, 15) is 4.79 Å². The first kappa shape index (κ1) is 20.0. The van der Waals surface area contributed by atoms with E-state index in [1.807, 2.05) is 6.92 Å². The van der Waals surface area contributed by atoms with E-state index >= 15 is 0 Å². The fraction of sp³-hybridized carbons (Fsp3) is 0.923. The third kappa shape index (κ3) is 6.57. The number of nitrogens with two attached hydrogens (primary N) is 1. The minimum absolute atomic E-state index is 0. The Balaban J connectivity index is 0. The highest BCUT2D eigenvalue weighted by atomic mass is 35.5. The van der Waals surface area contributed by atoms with Crippen molar-refractivity contribution in [3.8, 4) is 0 Å². The number of nitrogens with one attached hydrogen (secondary N) is 1. The molecule has 0 aliphatic heterocycles. The lowest BCUT2D eigenvalue weighted by atomic mass is 9.88. The lowest BCUT2D eigenvalue weighted by molar-refractivity contribution is -0.134. The number of hydrogen-bond acceptors (Lipinski definition) is 3. The molecule has 0 rings (SSSR count). The molecule has 1 amide bonds. The Hall–Kier alpha value is -0.320. The van der Waals surface area contributed by atoms with Crippen LogP contribution in [0.25, 0.3) is 0 Å². The first-order valence-electron chi connectivity index (χ1n) is 6.51. The zero-order chi connectivity index (χ0) is 13.5. The zero-order valence-electron chi connectivity index (χ0n) is 12.3. The van der Waals surface area contributed by atoms with Gasteiger partial charge in [0.05, 0.1) is 5.54 Å². The van der Waals surface area contributed by atoms with Crippen LogP contribution in [-0.4, -0.2) is 30.7 Å². The van der Waals surface area contributed by atoms with Gasteiger partial charge in [-0.3, -0.25) is 4.79 Å². The fourth-order valence-electron chi connectivity index (χ4n) is 1.29. The predicted octanol–water partition coefficient (Wildman–Crippen LogP) is 2.10. The Morgan fingerprint density at radius 2 is 1.94 bits per heavy atom. The molecule has 0 bridgehead atoms. The van der Waals surface area contributed by atoms with E-state index in [-0.39, 0.29) is 23.9 Å². The van der Waals surface area contributed by atoms with Crippen LogP contribution < -0.4 is 11.1 Å². The van der Waals surface area contributed by atoms with Gasteiger partial charge in [0.15, 0.2) is 0 Å². The molecular formula is C13H29ClN2O2. The number of amides is 1. The van der Waals surface area contributed by atoms with Gasteiger partial charge in [0.1, 0.15) is 6.10 Å². The van der Waals surface area contributed by atoms with Crippen molar-refractivity contribution in [1.29, 1.82) is 0 Å². The maximum absolute atomic E-state index is 11.9. The van der Waals surface area contributed by atoms with Crippen LogP contribution in [0.5, 0.6) is 0 Å². The van der Waals surface area contributed by atoms with Crippen LogP contribution in [0, 0.1) is 5.92 Å². The summed E-state index contributed by atoms with van der Waals surface area (Å²) in [7, 11) is 0. The molecule has 18 heavy (non-hydrogen) atoms. The number of halogens is 1.